The predicted molar refractivity (Wildman–Crippen MR) is 110 cm³/mol. The van der Waals surface area contributed by atoms with Crippen LogP contribution in [0.25, 0.3) is 10.9 Å². The quantitative estimate of drug-likeness (QED) is 0.511. The number of halogens is 1. The average molecular weight is 421 g/mol. The summed E-state index contributed by atoms with van der Waals surface area (Å²) in [5.41, 5.74) is 0.348. The van der Waals surface area contributed by atoms with E-state index in [0.717, 1.165) is 10.7 Å². The van der Waals surface area contributed by atoms with Gasteiger partial charge in [0.15, 0.2) is 0 Å². The van der Waals surface area contributed by atoms with Gasteiger partial charge >= 0.3 is 0 Å². The molecule has 31 heavy (non-hydrogen) atoms. The van der Waals surface area contributed by atoms with Crippen LogP contribution in [0.1, 0.15) is 16.1 Å². The zero-order valence-electron chi connectivity index (χ0n) is 16.3. The summed E-state index contributed by atoms with van der Waals surface area (Å²) >= 11 is 0. The predicted octanol–water partition coefficient (Wildman–Crippen LogP) is 2.72. The number of hydrogen-bond acceptors (Lipinski definition) is 6. The minimum Gasteiger partial charge on any atom is -0.469 e. The smallest absolute Gasteiger partial charge is 0.278 e. The van der Waals surface area contributed by atoms with Crippen LogP contribution in [-0.4, -0.2) is 26.8 Å². The van der Waals surface area contributed by atoms with Crippen molar-refractivity contribution in [2.75, 3.05) is 10.6 Å². The van der Waals surface area contributed by atoms with Gasteiger partial charge in [0.1, 0.15) is 23.6 Å². The zero-order chi connectivity index (χ0) is 22.0. The first-order valence-electron chi connectivity index (χ1n) is 9.20. The molecule has 0 aliphatic rings. The van der Waals surface area contributed by atoms with E-state index in [9.17, 15) is 18.8 Å². The van der Waals surface area contributed by atoms with Crippen LogP contribution in [-0.2, 0) is 11.3 Å². The van der Waals surface area contributed by atoms with E-state index in [0.29, 0.717) is 16.7 Å². The number of nitrogens with zero attached hydrogens (tertiary/aromatic N) is 3. The number of furan rings is 1. The van der Waals surface area contributed by atoms with E-state index in [-0.39, 0.29) is 23.5 Å². The molecule has 2 aromatic carbocycles. The van der Waals surface area contributed by atoms with Gasteiger partial charge in [0.05, 0.1) is 22.9 Å². The van der Waals surface area contributed by atoms with Gasteiger partial charge < -0.3 is 15.1 Å². The minimum atomic E-state index is -0.677. The molecule has 0 radical (unpaired) electrons. The van der Waals surface area contributed by atoms with Crippen molar-refractivity contribution < 1.29 is 18.4 Å². The van der Waals surface area contributed by atoms with E-state index in [2.05, 4.69) is 20.9 Å². The molecule has 2 aromatic heterocycles. The normalized spacial score (nSPS) is 10.8. The lowest BCUT2D eigenvalue weighted by Crippen LogP contribution is -2.30. The van der Waals surface area contributed by atoms with Gasteiger partial charge in [-0.2, -0.15) is 0 Å². The Morgan fingerprint density at radius 3 is 2.71 bits per heavy atom. The van der Waals surface area contributed by atoms with E-state index in [1.807, 2.05) is 0 Å². The maximum Gasteiger partial charge on any atom is 0.278 e. The number of benzene rings is 2. The van der Waals surface area contributed by atoms with Crippen molar-refractivity contribution in [1.29, 1.82) is 0 Å². The highest BCUT2D eigenvalue weighted by atomic mass is 19.1. The molecule has 0 saturated carbocycles. The van der Waals surface area contributed by atoms with Crippen molar-refractivity contribution in [2.45, 2.75) is 13.5 Å². The van der Waals surface area contributed by atoms with Gasteiger partial charge in [0.25, 0.3) is 11.5 Å². The van der Waals surface area contributed by atoms with Crippen LogP contribution in [0.2, 0.25) is 0 Å². The molecule has 9 nitrogen and oxygen atoms in total. The summed E-state index contributed by atoms with van der Waals surface area (Å²) in [4.78, 5) is 37.1. The Kier molecular flexibility index (Phi) is 5.27. The molecular weight excluding hydrogens is 405 g/mol. The van der Waals surface area contributed by atoms with Crippen molar-refractivity contribution in [1.82, 2.24) is 15.0 Å². The molecule has 10 heteroatoms. The fourth-order valence-corrected chi connectivity index (χ4v) is 2.97. The third-order valence-electron chi connectivity index (χ3n) is 4.52. The van der Waals surface area contributed by atoms with Crippen molar-refractivity contribution in [2.24, 2.45) is 0 Å². The van der Waals surface area contributed by atoms with E-state index in [1.54, 1.807) is 31.2 Å². The Bertz CT molecular complexity index is 1360. The lowest BCUT2D eigenvalue weighted by Gasteiger charge is -2.10. The van der Waals surface area contributed by atoms with E-state index < -0.39 is 23.2 Å². The molecule has 0 atom stereocenters. The fourth-order valence-electron chi connectivity index (χ4n) is 2.97. The highest BCUT2D eigenvalue weighted by Gasteiger charge is 2.15. The SMILES string of the molecule is Cc1occc1C(=O)Nc1cc(NC(=O)Cn2nnc3ccccc3c2=O)ccc1F. The molecular formula is C21H16FN5O4. The standard InChI is InChI=1S/C21H16FN5O4/c1-12-14(8-9-31-12)20(29)24-18-10-13(6-7-16(18)22)23-19(28)11-27-21(30)15-4-2-3-5-17(15)25-26-27/h2-10H,11H2,1H3,(H,23,28)(H,24,29). The molecule has 2 amide bonds. The number of aromatic nitrogens is 3. The Morgan fingerprint density at radius 2 is 1.94 bits per heavy atom. The minimum absolute atomic E-state index is 0.119. The van der Waals surface area contributed by atoms with Gasteiger partial charge in [0, 0.05) is 5.69 Å². The van der Waals surface area contributed by atoms with Crippen LogP contribution in [0.3, 0.4) is 0 Å². The second-order valence-electron chi connectivity index (χ2n) is 6.66. The molecule has 0 aliphatic carbocycles. The maximum absolute atomic E-state index is 14.1. The van der Waals surface area contributed by atoms with Gasteiger partial charge in [-0.3, -0.25) is 14.4 Å². The molecule has 0 unspecified atom stereocenters. The van der Waals surface area contributed by atoms with E-state index in [4.69, 9.17) is 4.42 Å². The van der Waals surface area contributed by atoms with Gasteiger partial charge in [-0.15, -0.1) is 5.10 Å². The summed E-state index contributed by atoms with van der Waals surface area (Å²) < 4.78 is 20.2. The summed E-state index contributed by atoms with van der Waals surface area (Å²) in [6, 6.07) is 11.8. The second kappa shape index (κ2) is 8.19. The number of anilines is 2. The van der Waals surface area contributed by atoms with Crippen LogP contribution in [0.4, 0.5) is 15.8 Å². The van der Waals surface area contributed by atoms with Crippen LogP contribution >= 0.6 is 0 Å². The van der Waals surface area contributed by atoms with E-state index >= 15 is 0 Å². The van der Waals surface area contributed by atoms with Crippen molar-refractivity contribution in [3.05, 3.63) is 82.3 Å². The number of rotatable bonds is 5. The maximum atomic E-state index is 14.1. The molecule has 156 valence electrons. The lowest BCUT2D eigenvalue weighted by atomic mass is 10.2. The molecule has 0 bridgehead atoms. The number of carbonyl (C=O) groups excluding carboxylic acids is 2. The number of fused-ring (bicyclic) bond motifs is 1. The summed E-state index contributed by atoms with van der Waals surface area (Å²) in [7, 11) is 0. The number of nitrogens with one attached hydrogen (secondary N) is 2. The van der Waals surface area contributed by atoms with Crippen molar-refractivity contribution in [3.63, 3.8) is 0 Å². The summed E-state index contributed by atoms with van der Waals surface area (Å²) in [5, 5.41) is 13.0. The van der Waals surface area contributed by atoms with Crippen LogP contribution in [0.5, 0.6) is 0 Å². The van der Waals surface area contributed by atoms with Gasteiger partial charge in [0.2, 0.25) is 5.91 Å². The van der Waals surface area contributed by atoms with Gasteiger partial charge in [-0.05, 0) is 43.3 Å². The molecule has 4 rings (SSSR count). The molecule has 2 N–H and O–H groups in total. The highest BCUT2D eigenvalue weighted by Crippen LogP contribution is 2.21. The van der Waals surface area contributed by atoms with Crippen molar-refractivity contribution in [3.8, 4) is 0 Å². The monoisotopic (exact) mass is 421 g/mol. The van der Waals surface area contributed by atoms with Crippen LogP contribution in [0, 0.1) is 12.7 Å². The fraction of sp³-hybridized carbons (Fsp3) is 0.0952. The Hall–Kier alpha value is -4.34. The number of carbonyl (C=O) groups is 2. The summed E-state index contributed by atoms with van der Waals surface area (Å²) in [6.07, 6.45) is 1.36. The topological polar surface area (TPSA) is 119 Å². The van der Waals surface area contributed by atoms with Crippen LogP contribution < -0.4 is 16.2 Å². The molecule has 2 heterocycles. The summed E-state index contributed by atoms with van der Waals surface area (Å²) in [6.45, 7) is 1.23. The highest BCUT2D eigenvalue weighted by molar-refractivity contribution is 6.05. The Morgan fingerprint density at radius 1 is 1.13 bits per heavy atom. The largest absolute Gasteiger partial charge is 0.469 e. The first-order valence-corrected chi connectivity index (χ1v) is 9.20. The molecule has 0 aliphatic heterocycles. The number of aryl methyl sites for hydroxylation is 1. The number of hydrogen-bond donors (Lipinski definition) is 2. The lowest BCUT2D eigenvalue weighted by molar-refractivity contribution is -0.117. The molecule has 0 fully saturated rings. The Labute approximate surface area is 174 Å². The van der Waals surface area contributed by atoms with Gasteiger partial charge in [-0.25, -0.2) is 9.07 Å². The zero-order valence-corrected chi connectivity index (χ0v) is 16.3. The number of amides is 2. The summed E-state index contributed by atoms with van der Waals surface area (Å²) in [5.74, 6) is -1.40. The third-order valence-corrected chi connectivity index (χ3v) is 4.52. The molecule has 0 spiro atoms. The first kappa shape index (κ1) is 20.0. The van der Waals surface area contributed by atoms with Crippen molar-refractivity contribution >= 4 is 34.1 Å². The van der Waals surface area contributed by atoms with Gasteiger partial charge in [-0.1, -0.05) is 17.3 Å². The average Bonchev–Trinajstić information content (AvgIpc) is 3.19. The third kappa shape index (κ3) is 4.17. The molecule has 0 saturated heterocycles. The second-order valence-corrected chi connectivity index (χ2v) is 6.66. The molecule has 4 aromatic rings. The Balaban J connectivity index is 1.49. The van der Waals surface area contributed by atoms with E-state index in [1.165, 1.54) is 24.5 Å². The van der Waals surface area contributed by atoms with Crippen LogP contribution in [0.15, 0.2) is 64.0 Å². The first-order chi connectivity index (χ1) is 14.9.